The van der Waals surface area contributed by atoms with Crippen molar-refractivity contribution in [3.63, 3.8) is 0 Å². The molecule has 6 nitrogen and oxygen atoms in total. The lowest BCUT2D eigenvalue weighted by Crippen LogP contribution is -2.48. The molecule has 6 heteroatoms. The van der Waals surface area contributed by atoms with E-state index in [1.807, 2.05) is 63.8 Å². The standard InChI is InChI=1S/C29H33N5O/c1-21-10-11-25(16-31-21)33-14-6-7-26(20-33)34(17-23-12-13-30-22(2)15-23)19-24-18-32(3)28-9-5-4-8-27(28)29(24)35/h4-5,8-13,15-16,18,26H,6-7,14,17,19-20H2,1-3H3. The van der Waals surface area contributed by atoms with Gasteiger partial charge in [0.25, 0.3) is 0 Å². The highest BCUT2D eigenvalue weighted by atomic mass is 16.1. The van der Waals surface area contributed by atoms with E-state index in [0.717, 1.165) is 60.3 Å². The summed E-state index contributed by atoms with van der Waals surface area (Å²) in [5.74, 6) is 0. The number of nitrogens with zero attached hydrogens (tertiary/aromatic N) is 5. The summed E-state index contributed by atoms with van der Waals surface area (Å²) in [6.45, 7) is 7.39. The first kappa shape index (κ1) is 23.2. The van der Waals surface area contributed by atoms with Gasteiger partial charge in [-0.25, -0.2) is 0 Å². The fourth-order valence-corrected chi connectivity index (χ4v) is 5.23. The zero-order chi connectivity index (χ0) is 24.4. The number of para-hydroxylation sites is 1. The quantitative estimate of drug-likeness (QED) is 0.414. The van der Waals surface area contributed by atoms with Gasteiger partial charge in [0.15, 0.2) is 5.43 Å². The van der Waals surface area contributed by atoms with Crippen molar-refractivity contribution >= 4 is 16.6 Å². The van der Waals surface area contributed by atoms with Crippen molar-refractivity contribution in [3.8, 4) is 0 Å². The van der Waals surface area contributed by atoms with Crippen molar-refractivity contribution in [2.75, 3.05) is 18.0 Å². The van der Waals surface area contributed by atoms with E-state index in [1.165, 1.54) is 11.3 Å². The van der Waals surface area contributed by atoms with Crippen LogP contribution in [0.5, 0.6) is 0 Å². The van der Waals surface area contributed by atoms with E-state index in [1.54, 1.807) is 0 Å². The Labute approximate surface area is 206 Å². The molecule has 1 saturated heterocycles. The SMILES string of the molecule is Cc1ccc(N2CCCC(N(Cc3ccnc(C)c3)Cc3cn(C)c4ccccc4c3=O)C2)cn1. The van der Waals surface area contributed by atoms with Crippen LogP contribution in [0.4, 0.5) is 5.69 Å². The Balaban J connectivity index is 1.47. The number of fused-ring (bicyclic) bond motifs is 1. The molecule has 4 aromatic rings. The minimum Gasteiger partial charge on any atom is -0.369 e. The molecule has 1 atom stereocenters. The van der Waals surface area contributed by atoms with Gasteiger partial charge in [0.2, 0.25) is 0 Å². The van der Waals surface area contributed by atoms with E-state index in [2.05, 4.69) is 48.6 Å². The molecule has 0 radical (unpaired) electrons. The lowest BCUT2D eigenvalue weighted by molar-refractivity contribution is 0.158. The number of piperidine rings is 1. The second-order valence-electron chi connectivity index (χ2n) is 9.72. The monoisotopic (exact) mass is 467 g/mol. The smallest absolute Gasteiger partial charge is 0.193 e. The summed E-state index contributed by atoms with van der Waals surface area (Å²) in [6.07, 6.45) is 8.09. The van der Waals surface area contributed by atoms with Gasteiger partial charge in [0.1, 0.15) is 0 Å². The van der Waals surface area contributed by atoms with Crippen LogP contribution in [0.2, 0.25) is 0 Å². The van der Waals surface area contributed by atoms with Crippen molar-refractivity contribution in [1.82, 2.24) is 19.4 Å². The Morgan fingerprint density at radius 1 is 1.03 bits per heavy atom. The van der Waals surface area contributed by atoms with Crippen molar-refractivity contribution in [1.29, 1.82) is 0 Å². The number of benzene rings is 1. The molecule has 5 rings (SSSR count). The molecule has 0 N–H and O–H groups in total. The maximum absolute atomic E-state index is 13.5. The van der Waals surface area contributed by atoms with E-state index in [0.29, 0.717) is 12.6 Å². The molecule has 4 heterocycles. The second-order valence-corrected chi connectivity index (χ2v) is 9.72. The molecule has 0 amide bonds. The minimum atomic E-state index is 0.130. The molecule has 1 unspecified atom stereocenters. The summed E-state index contributed by atoms with van der Waals surface area (Å²) < 4.78 is 2.08. The highest BCUT2D eigenvalue weighted by Crippen LogP contribution is 2.25. The summed E-state index contributed by atoms with van der Waals surface area (Å²) in [4.78, 5) is 27.3. The summed E-state index contributed by atoms with van der Waals surface area (Å²) in [6, 6.07) is 16.7. The lowest BCUT2D eigenvalue weighted by atomic mass is 10.0. The van der Waals surface area contributed by atoms with Crippen LogP contribution in [-0.4, -0.2) is 38.6 Å². The normalized spacial score (nSPS) is 16.2. The van der Waals surface area contributed by atoms with Crippen LogP contribution in [0, 0.1) is 13.8 Å². The highest BCUT2D eigenvalue weighted by Gasteiger charge is 2.27. The molecule has 0 spiro atoms. The molecule has 0 aliphatic carbocycles. The van der Waals surface area contributed by atoms with Gasteiger partial charge in [-0.15, -0.1) is 0 Å². The number of hydrogen-bond acceptors (Lipinski definition) is 5. The molecule has 1 fully saturated rings. The maximum Gasteiger partial charge on any atom is 0.193 e. The van der Waals surface area contributed by atoms with Crippen LogP contribution >= 0.6 is 0 Å². The van der Waals surface area contributed by atoms with Crippen LogP contribution < -0.4 is 10.3 Å². The van der Waals surface area contributed by atoms with Gasteiger partial charge in [-0.2, -0.15) is 0 Å². The zero-order valence-corrected chi connectivity index (χ0v) is 20.8. The van der Waals surface area contributed by atoms with Gasteiger partial charge in [-0.3, -0.25) is 19.7 Å². The Morgan fingerprint density at radius 3 is 2.69 bits per heavy atom. The van der Waals surface area contributed by atoms with E-state index in [9.17, 15) is 4.79 Å². The summed E-state index contributed by atoms with van der Waals surface area (Å²) >= 11 is 0. The lowest BCUT2D eigenvalue weighted by Gasteiger charge is -2.40. The first-order valence-electron chi connectivity index (χ1n) is 12.4. The Morgan fingerprint density at radius 2 is 1.89 bits per heavy atom. The van der Waals surface area contributed by atoms with Crippen LogP contribution in [0.15, 0.2) is 71.9 Å². The van der Waals surface area contributed by atoms with E-state index < -0.39 is 0 Å². The highest BCUT2D eigenvalue weighted by molar-refractivity contribution is 5.79. The molecule has 3 aromatic heterocycles. The van der Waals surface area contributed by atoms with E-state index >= 15 is 0 Å². The fourth-order valence-electron chi connectivity index (χ4n) is 5.23. The van der Waals surface area contributed by atoms with Crippen molar-refractivity contribution in [2.45, 2.75) is 45.8 Å². The van der Waals surface area contributed by atoms with Gasteiger partial charge in [-0.05, 0) is 68.7 Å². The summed E-state index contributed by atoms with van der Waals surface area (Å²) in [5, 5.41) is 0.781. The topological polar surface area (TPSA) is 54.3 Å². The average Bonchev–Trinajstić information content (AvgIpc) is 2.87. The number of anilines is 1. The third-order valence-electron chi connectivity index (χ3n) is 7.06. The number of pyridine rings is 3. The summed E-state index contributed by atoms with van der Waals surface area (Å²) in [5.41, 5.74) is 6.37. The van der Waals surface area contributed by atoms with Gasteiger partial charge < -0.3 is 9.47 Å². The van der Waals surface area contributed by atoms with Gasteiger partial charge in [-0.1, -0.05) is 12.1 Å². The number of rotatable bonds is 6. The third-order valence-corrected chi connectivity index (χ3v) is 7.06. The van der Waals surface area contributed by atoms with Gasteiger partial charge in [0, 0.05) is 74.0 Å². The van der Waals surface area contributed by atoms with Gasteiger partial charge in [0.05, 0.1) is 17.4 Å². The van der Waals surface area contributed by atoms with Crippen molar-refractivity contribution < 1.29 is 0 Å². The molecule has 180 valence electrons. The molecular formula is C29H33N5O. The van der Waals surface area contributed by atoms with Crippen LogP contribution in [0.25, 0.3) is 10.9 Å². The van der Waals surface area contributed by atoms with Gasteiger partial charge >= 0.3 is 0 Å². The molecule has 0 saturated carbocycles. The van der Waals surface area contributed by atoms with E-state index in [-0.39, 0.29) is 5.43 Å². The fraction of sp³-hybridized carbons (Fsp3) is 0.345. The zero-order valence-electron chi connectivity index (χ0n) is 20.8. The predicted octanol–water partition coefficient (Wildman–Crippen LogP) is 4.62. The Kier molecular flexibility index (Phi) is 6.64. The number of aromatic nitrogens is 3. The Bertz CT molecular complexity index is 1380. The molecule has 1 aromatic carbocycles. The third kappa shape index (κ3) is 5.13. The molecule has 0 bridgehead atoms. The molecule has 1 aliphatic rings. The number of aryl methyl sites for hydroxylation is 3. The first-order valence-corrected chi connectivity index (χ1v) is 12.4. The summed E-state index contributed by atoms with van der Waals surface area (Å²) in [7, 11) is 2.02. The number of hydrogen-bond donors (Lipinski definition) is 0. The Hall–Kier alpha value is -3.51. The molecule has 35 heavy (non-hydrogen) atoms. The van der Waals surface area contributed by atoms with Crippen molar-refractivity contribution in [2.24, 2.45) is 7.05 Å². The van der Waals surface area contributed by atoms with Crippen LogP contribution in [0.1, 0.15) is 35.4 Å². The largest absolute Gasteiger partial charge is 0.369 e. The van der Waals surface area contributed by atoms with Crippen molar-refractivity contribution in [3.05, 3.63) is 99.9 Å². The maximum atomic E-state index is 13.5. The average molecular weight is 468 g/mol. The van der Waals surface area contributed by atoms with Crippen LogP contribution in [-0.2, 0) is 20.1 Å². The minimum absolute atomic E-state index is 0.130. The predicted molar refractivity (Wildman–Crippen MR) is 142 cm³/mol. The van der Waals surface area contributed by atoms with E-state index in [4.69, 9.17) is 0 Å². The second kappa shape index (κ2) is 10.0. The molecular weight excluding hydrogens is 434 g/mol. The first-order chi connectivity index (χ1) is 17.0. The molecule has 1 aliphatic heterocycles. The van der Waals surface area contributed by atoms with Crippen LogP contribution in [0.3, 0.4) is 0 Å².